The maximum Gasteiger partial charge on any atom is 0.329 e. The summed E-state index contributed by atoms with van der Waals surface area (Å²) in [7, 11) is 1.47. The number of nitro benzene ring substituents is 1. The smallest absolute Gasteiger partial charge is 0.329 e. The zero-order valence-corrected chi connectivity index (χ0v) is 15.9. The maximum atomic E-state index is 12.3. The summed E-state index contributed by atoms with van der Waals surface area (Å²) < 4.78 is 2.62. The number of fused-ring (bicyclic) bond motifs is 1. The molecule has 0 saturated carbocycles. The molecule has 0 aliphatic carbocycles. The molecule has 12 nitrogen and oxygen atoms in total. The van der Waals surface area contributed by atoms with Crippen LogP contribution in [0.15, 0.2) is 39.0 Å². The molecule has 12 heteroatoms. The number of nitrogens with zero attached hydrogens (tertiary/aromatic N) is 5. The van der Waals surface area contributed by atoms with Crippen molar-refractivity contribution in [1.82, 2.24) is 19.1 Å². The Bertz CT molecular complexity index is 1220. The number of hydrogen-bond donors (Lipinski definition) is 3. The molecule has 1 atom stereocenters. The first-order valence-corrected chi connectivity index (χ1v) is 8.61. The first-order valence-electron chi connectivity index (χ1n) is 8.61. The van der Waals surface area contributed by atoms with Gasteiger partial charge in [0.15, 0.2) is 11.2 Å². The highest BCUT2D eigenvalue weighted by molar-refractivity contribution is 5.99. The number of imidazole rings is 1. The molecule has 0 radical (unpaired) electrons. The molecule has 2 heterocycles. The second-order valence-electron chi connectivity index (χ2n) is 6.50. The van der Waals surface area contributed by atoms with Gasteiger partial charge >= 0.3 is 5.69 Å². The Morgan fingerprint density at radius 1 is 1.38 bits per heavy atom. The molecule has 29 heavy (non-hydrogen) atoms. The third kappa shape index (κ3) is 3.91. The molecule has 0 saturated heterocycles. The number of aryl methyl sites for hydroxylation is 1. The molecule has 0 fully saturated rings. The molecule has 0 aliphatic heterocycles. The minimum absolute atomic E-state index is 0.0339. The Balaban J connectivity index is 2.02. The van der Waals surface area contributed by atoms with Crippen molar-refractivity contribution < 1.29 is 10.0 Å². The number of benzene rings is 1. The largest absolute Gasteiger partial charge is 0.392 e. The van der Waals surface area contributed by atoms with Gasteiger partial charge in [0.2, 0.25) is 5.95 Å². The van der Waals surface area contributed by atoms with Crippen molar-refractivity contribution in [2.24, 2.45) is 12.1 Å². The number of non-ortho nitro benzene ring substituents is 1. The number of aromatic amines is 1. The monoisotopic (exact) mass is 401 g/mol. The Kier molecular flexibility index (Phi) is 5.28. The topological polar surface area (TPSA) is 160 Å². The van der Waals surface area contributed by atoms with Crippen LogP contribution in [-0.4, -0.2) is 40.9 Å². The zero-order valence-electron chi connectivity index (χ0n) is 15.9. The molecule has 0 aliphatic rings. The first kappa shape index (κ1) is 19.9. The Morgan fingerprint density at radius 2 is 2.03 bits per heavy atom. The number of rotatable bonds is 6. The van der Waals surface area contributed by atoms with Crippen molar-refractivity contribution in [2.75, 3.05) is 5.43 Å². The van der Waals surface area contributed by atoms with Gasteiger partial charge in [-0.1, -0.05) is 0 Å². The van der Waals surface area contributed by atoms with Gasteiger partial charge in [-0.25, -0.2) is 10.2 Å². The van der Waals surface area contributed by atoms with E-state index in [9.17, 15) is 24.8 Å². The van der Waals surface area contributed by atoms with E-state index in [4.69, 9.17) is 0 Å². The molecule has 1 unspecified atom stereocenters. The number of nitro groups is 1. The summed E-state index contributed by atoms with van der Waals surface area (Å²) in [5.74, 6) is 0.161. The van der Waals surface area contributed by atoms with E-state index in [1.165, 1.54) is 28.3 Å². The van der Waals surface area contributed by atoms with Crippen LogP contribution in [-0.2, 0) is 13.6 Å². The van der Waals surface area contributed by atoms with E-state index in [2.05, 4.69) is 20.5 Å². The van der Waals surface area contributed by atoms with Crippen LogP contribution in [0.5, 0.6) is 0 Å². The first-order chi connectivity index (χ1) is 13.7. The van der Waals surface area contributed by atoms with Crippen LogP contribution >= 0.6 is 0 Å². The van der Waals surface area contributed by atoms with Crippen molar-refractivity contribution in [3.05, 3.63) is 60.8 Å². The third-order valence-corrected chi connectivity index (χ3v) is 4.27. The number of hydrazone groups is 1. The SMILES string of the molecule is CC(=NNc1nc2c(c(=O)[nH]c(=O)n2C)n1CC(C)O)c1ccc([N+](=O)[O-])cc1. The van der Waals surface area contributed by atoms with Gasteiger partial charge in [-0.15, -0.1) is 0 Å². The second-order valence-corrected chi connectivity index (χ2v) is 6.50. The molecular weight excluding hydrogens is 382 g/mol. The van der Waals surface area contributed by atoms with E-state index in [0.717, 1.165) is 0 Å². The van der Waals surface area contributed by atoms with Gasteiger partial charge in [0.25, 0.3) is 11.2 Å². The highest BCUT2D eigenvalue weighted by atomic mass is 16.6. The number of H-pyrrole nitrogens is 1. The average Bonchev–Trinajstić information content (AvgIpc) is 3.02. The summed E-state index contributed by atoms with van der Waals surface area (Å²) in [6, 6.07) is 5.86. The molecule has 3 rings (SSSR count). The van der Waals surface area contributed by atoms with Crippen LogP contribution in [0.4, 0.5) is 11.6 Å². The van der Waals surface area contributed by atoms with Crippen molar-refractivity contribution in [2.45, 2.75) is 26.5 Å². The number of aliphatic hydroxyl groups excluding tert-OH is 1. The molecule has 0 amide bonds. The normalized spacial score (nSPS) is 12.9. The van der Waals surface area contributed by atoms with Crippen molar-refractivity contribution >= 4 is 28.5 Å². The van der Waals surface area contributed by atoms with Gasteiger partial charge in [0.05, 0.1) is 23.3 Å². The van der Waals surface area contributed by atoms with E-state index in [1.54, 1.807) is 26.0 Å². The summed E-state index contributed by atoms with van der Waals surface area (Å²) >= 11 is 0. The lowest BCUT2D eigenvalue weighted by Crippen LogP contribution is -2.29. The van der Waals surface area contributed by atoms with Crippen LogP contribution in [0.25, 0.3) is 11.2 Å². The van der Waals surface area contributed by atoms with Gasteiger partial charge in [-0.05, 0) is 31.5 Å². The molecule has 3 aromatic rings. The Morgan fingerprint density at radius 3 is 2.62 bits per heavy atom. The van der Waals surface area contributed by atoms with Gasteiger partial charge in [0, 0.05) is 19.2 Å². The summed E-state index contributed by atoms with van der Waals surface area (Å²) in [5, 5.41) is 24.8. The fraction of sp³-hybridized carbons (Fsp3) is 0.294. The maximum absolute atomic E-state index is 12.3. The van der Waals surface area contributed by atoms with Crippen LogP contribution < -0.4 is 16.7 Å². The molecule has 152 valence electrons. The highest BCUT2D eigenvalue weighted by Crippen LogP contribution is 2.17. The number of nitrogens with one attached hydrogen (secondary N) is 2. The summed E-state index contributed by atoms with van der Waals surface area (Å²) in [5.41, 5.74) is 2.90. The number of aliphatic hydroxyl groups is 1. The highest BCUT2D eigenvalue weighted by Gasteiger charge is 2.18. The minimum atomic E-state index is -0.788. The predicted octanol–water partition coefficient (Wildman–Crippen LogP) is 0.548. The van der Waals surface area contributed by atoms with Crippen LogP contribution in [0.2, 0.25) is 0 Å². The number of anilines is 1. The van der Waals surface area contributed by atoms with E-state index in [0.29, 0.717) is 11.3 Å². The second kappa shape index (κ2) is 7.67. The van der Waals surface area contributed by atoms with Gasteiger partial charge in [-0.3, -0.25) is 24.5 Å². The number of aromatic nitrogens is 4. The lowest BCUT2D eigenvalue weighted by molar-refractivity contribution is -0.384. The summed E-state index contributed by atoms with van der Waals surface area (Å²) in [6.45, 7) is 3.29. The summed E-state index contributed by atoms with van der Waals surface area (Å²) in [4.78, 5) is 40.9. The molecule has 3 N–H and O–H groups in total. The lowest BCUT2D eigenvalue weighted by atomic mass is 10.1. The van der Waals surface area contributed by atoms with Gasteiger partial charge < -0.3 is 9.67 Å². The van der Waals surface area contributed by atoms with Crippen molar-refractivity contribution in [1.29, 1.82) is 0 Å². The van der Waals surface area contributed by atoms with Crippen LogP contribution in [0.1, 0.15) is 19.4 Å². The quantitative estimate of drug-likeness (QED) is 0.309. The van der Waals surface area contributed by atoms with Crippen molar-refractivity contribution in [3.63, 3.8) is 0 Å². The predicted molar refractivity (Wildman–Crippen MR) is 106 cm³/mol. The molecular formula is C17H19N7O5. The molecule has 2 aromatic heterocycles. The van der Waals surface area contributed by atoms with E-state index in [-0.39, 0.29) is 29.3 Å². The van der Waals surface area contributed by atoms with E-state index in [1.807, 2.05) is 0 Å². The van der Waals surface area contributed by atoms with E-state index >= 15 is 0 Å². The lowest BCUT2D eigenvalue weighted by Gasteiger charge is -2.10. The Hall–Kier alpha value is -3.80. The van der Waals surface area contributed by atoms with Crippen LogP contribution in [0.3, 0.4) is 0 Å². The molecule has 0 bridgehead atoms. The van der Waals surface area contributed by atoms with Crippen molar-refractivity contribution in [3.8, 4) is 0 Å². The fourth-order valence-electron chi connectivity index (χ4n) is 2.78. The van der Waals surface area contributed by atoms with Gasteiger partial charge in [-0.2, -0.15) is 10.1 Å². The fourth-order valence-corrected chi connectivity index (χ4v) is 2.78. The molecule has 1 aromatic carbocycles. The standard InChI is InChI=1S/C17H19N7O5/c1-9(25)8-23-13-14(22(3)17(27)19-15(13)26)18-16(23)21-20-10(2)11-4-6-12(7-5-11)24(28)29/h4-7,9,25H,8H2,1-3H3,(H,18,21)(H,19,26,27). The summed E-state index contributed by atoms with van der Waals surface area (Å²) in [6.07, 6.45) is -0.788. The zero-order chi connectivity index (χ0) is 21.3. The third-order valence-electron chi connectivity index (χ3n) is 4.27. The van der Waals surface area contributed by atoms with E-state index < -0.39 is 22.3 Å². The average molecular weight is 401 g/mol. The Labute approximate surface area is 163 Å². The molecule has 0 spiro atoms. The minimum Gasteiger partial charge on any atom is -0.392 e. The van der Waals surface area contributed by atoms with Gasteiger partial charge in [0.1, 0.15) is 0 Å². The number of hydrogen-bond acceptors (Lipinski definition) is 8. The van der Waals surface area contributed by atoms with Crippen LogP contribution in [0, 0.1) is 10.1 Å².